The van der Waals surface area contributed by atoms with Crippen LogP contribution in [0, 0.1) is 0 Å². The molecule has 0 rings (SSSR count). The molecule has 1 atom stereocenters. The lowest BCUT2D eigenvalue weighted by molar-refractivity contribution is -0.417. The zero-order valence-electron chi connectivity index (χ0n) is 10.9. The third-order valence-corrected chi connectivity index (χ3v) is 2.51. The Morgan fingerprint density at radius 2 is 1.33 bits per heavy atom. The number of alkyl halides is 12. The summed E-state index contributed by atoms with van der Waals surface area (Å²) < 4.78 is 156. The Bertz CT molecular complexity index is 486. The summed E-state index contributed by atoms with van der Waals surface area (Å²) in [6, 6.07) is 0. The van der Waals surface area contributed by atoms with Gasteiger partial charge in [0.05, 0.1) is 0 Å². The van der Waals surface area contributed by atoms with E-state index < -0.39 is 48.6 Å². The molecule has 1 unspecified atom stereocenters. The van der Waals surface area contributed by atoms with E-state index in [1.807, 2.05) is 0 Å². The number of hydrogen-bond donors (Lipinski definition) is 0. The molecule has 0 bridgehead atoms. The standard InChI is InChI=1S/C10H6F12O2/c1-2-4(23)24-5(12)7(15,16)9(19,20)10(21,22)8(17,18)6(13,14)3-11/h2,5H,1,3H2. The molecule has 0 spiro atoms. The van der Waals surface area contributed by atoms with E-state index in [1.165, 1.54) is 0 Å². The largest absolute Gasteiger partial charge is 0.421 e. The molecular formula is C10H6F12O2. The molecule has 0 aromatic rings. The van der Waals surface area contributed by atoms with Crippen LogP contribution in [0.2, 0.25) is 0 Å². The van der Waals surface area contributed by atoms with Crippen LogP contribution in [0.4, 0.5) is 52.7 Å². The maximum absolute atomic E-state index is 13.1. The van der Waals surface area contributed by atoms with Crippen LogP contribution in [0.25, 0.3) is 0 Å². The summed E-state index contributed by atoms with van der Waals surface area (Å²) in [6.45, 7) is -1.10. The summed E-state index contributed by atoms with van der Waals surface area (Å²) >= 11 is 0. The Balaban J connectivity index is 6.00. The van der Waals surface area contributed by atoms with E-state index in [4.69, 9.17) is 0 Å². The highest BCUT2D eigenvalue weighted by molar-refractivity contribution is 5.81. The molecule has 24 heavy (non-hydrogen) atoms. The van der Waals surface area contributed by atoms with Gasteiger partial charge in [0.15, 0.2) is 6.67 Å². The van der Waals surface area contributed by atoms with Crippen LogP contribution in [0.15, 0.2) is 12.7 Å². The predicted octanol–water partition coefficient (Wildman–Crippen LogP) is 4.16. The predicted molar refractivity (Wildman–Crippen MR) is 51.9 cm³/mol. The first-order chi connectivity index (χ1) is 10.4. The van der Waals surface area contributed by atoms with Gasteiger partial charge in [-0.1, -0.05) is 6.58 Å². The van der Waals surface area contributed by atoms with Crippen LogP contribution in [-0.4, -0.2) is 48.6 Å². The molecule has 0 radical (unpaired) electrons. The molecule has 142 valence electrons. The molecule has 0 aromatic heterocycles. The molecule has 0 saturated carbocycles. The lowest BCUT2D eigenvalue weighted by Gasteiger charge is -2.39. The topological polar surface area (TPSA) is 26.3 Å². The van der Waals surface area contributed by atoms with Crippen molar-refractivity contribution >= 4 is 5.97 Å². The second-order valence-corrected chi connectivity index (χ2v) is 4.14. The SMILES string of the molecule is C=CC(=O)OC(F)C(F)(F)C(F)(F)C(F)(F)C(F)(F)C(F)(F)CF. The smallest absolute Gasteiger partial charge is 0.385 e. The van der Waals surface area contributed by atoms with Gasteiger partial charge < -0.3 is 4.74 Å². The number of carbonyl (C=O) groups is 1. The van der Waals surface area contributed by atoms with Crippen LogP contribution >= 0.6 is 0 Å². The fraction of sp³-hybridized carbons (Fsp3) is 0.700. The maximum atomic E-state index is 13.1. The van der Waals surface area contributed by atoms with Crippen LogP contribution in [-0.2, 0) is 9.53 Å². The molecule has 0 saturated heterocycles. The Morgan fingerprint density at radius 3 is 1.67 bits per heavy atom. The lowest BCUT2D eigenvalue weighted by Crippen LogP contribution is -2.69. The Hall–Kier alpha value is -1.63. The van der Waals surface area contributed by atoms with Gasteiger partial charge in [-0.2, -0.15) is 48.3 Å². The molecular weight excluding hydrogens is 380 g/mol. The van der Waals surface area contributed by atoms with Gasteiger partial charge in [0.25, 0.3) is 0 Å². The fourth-order valence-corrected chi connectivity index (χ4v) is 1.09. The Kier molecular flexibility index (Phi) is 5.92. The van der Waals surface area contributed by atoms with Crippen LogP contribution in [0.3, 0.4) is 0 Å². The number of halogens is 12. The lowest BCUT2D eigenvalue weighted by atomic mass is 9.94. The molecule has 0 heterocycles. The van der Waals surface area contributed by atoms with Gasteiger partial charge in [-0.15, -0.1) is 0 Å². The number of hydrogen-bond acceptors (Lipinski definition) is 2. The molecule has 0 aromatic carbocycles. The van der Waals surface area contributed by atoms with Crippen molar-refractivity contribution in [2.75, 3.05) is 6.67 Å². The highest BCUT2D eigenvalue weighted by atomic mass is 19.4. The molecule has 0 aliphatic heterocycles. The summed E-state index contributed by atoms with van der Waals surface area (Å²) in [5.74, 6) is -38.0. The first-order valence-corrected chi connectivity index (χ1v) is 5.36. The van der Waals surface area contributed by atoms with Gasteiger partial charge in [0, 0.05) is 6.08 Å². The van der Waals surface area contributed by atoms with Crippen molar-refractivity contribution in [1.29, 1.82) is 0 Å². The molecule has 0 N–H and O–H groups in total. The number of rotatable bonds is 8. The molecule has 14 heteroatoms. The third kappa shape index (κ3) is 3.14. The van der Waals surface area contributed by atoms with E-state index in [2.05, 4.69) is 11.3 Å². The van der Waals surface area contributed by atoms with Gasteiger partial charge in [-0.3, -0.25) is 0 Å². The fourth-order valence-electron chi connectivity index (χ4n) is 1.09. The van der Waals surface area contributed by atoms with E-state index in [9.17, 15) is 57.5 Å². The van der Waals surface area contributed by atoms with Crippen LogP contribution in [0.1, 0.15) is 0 Å². The molecule has 0 aliphatic rings. The molecule has 0 aliphatic carbocycles. The van der Waals surface area contributed by atoms with Gasteiger partial charge in [0.1, 0.15) is 0 Å². The van der Waals surface area contributed by atoms with E-state index >= 15 is 0 Å². The van der Waals surface area contributed by atoms with Crippen molar-refractivity contribution in [2.45, 2.75) is 36.0 Å². The first-order valence-electron chi connectivity index (χ1n) is 5.36. The average Bonchev–Trinajstić information content (AvgIpc) is 2.45. The summed E-state index contributed by atoms with van der Waals surface area (Å²) in [7, 11) is 0. The van der Waals surface area contributed by atoms with Crippen molar-refractivity contribution in [1.82, 2.24) is 0 Å². The quantitative estimate of drug-likeness (QED) is 0.356. The summed E-state index contributed by atoms with van der Waals surface area (Å²) in [4.78, 5) is 10.4. The normalized spacial score (nSPS) is 15.8. The van der Waals surface area contributed by atoms with Crippen LogP contribution in [0.5, 0.6) is 0 Å². The second kappa shape index (κ2) is 6.35. The van der Waals surface area contributed by atoms with Gasteiger partial charge >= 0.3 is 41.9 Å². The van der Waals surface area contributed by atoms with Crippen LogP contribution < -0.4 is 0 Å². The average molecular weight is 386 g/mol. The highest BCUT2D eigenvalue weighted by Crippen LogP contribution is 2.58. The first kappa shape index (κ1) is 22.4. The van der Waals surface area contributed by atoms with E-state index in [0.717, 1.165) is 0 Å². The Morgan fingerprint density at radius 1 is 0.917 bits per heavy atom. The van der Waals surface area contributed by atoms with Gasteiger partial charge in [0.2, 0.25) is 0 Å². The number of carbonyl (C=O) groups excluding carboxylic acids is 1. The number of esters is 1. The van der Waals surface area contributed by atoms with E-state index in [-0.39, 0.29) is 6.08 Å². The maximum Gasteiger partial charge on any atom is 0.385 e. The monoisotopic (exact) mass is 386 g/mol. The van der Waals surface area contributed by atoms with Gasteiger partial charge in [-0.05, 0) is 0 Å². The molecule has 0 fully saturated rings. The van der Waals surface area contributed by atoms with Crippen molar-refractivity contribution in [3.8, 4) is 0 Å². The Labute approximate surface area is 125 Å². The summed E-state index contributed by atoms with van der Waals surface area (Å²) in [6.07, 6.45) is -5.01. The summed E-state index contributed by atoms with van der Waals surface area (Å²) in [5.41, 5.74) is 0. The number of ether oxygens (including phenoxy) is 1. The second-order valence-electron chi connectivity index (χ2n) is 4.14. The van der Waals surface area contributed by atoms with Crippen molar-refractivity contribution in [3.63, 3.8) is 0 Å². The highest BCUT2D eigenvalue weighted by Gasteiger charge is 2.88. The van der Waals surface area contributed by atoms with E-state index in [0.29, 0.717) is 0 Å². The third-order valence-electron chi connectivity index (χ3n) is 2.51. The minimum Gasteiger partial charge on any atom is -0.421 e. The van der Waals surface area contributed by atoms with E-state index in [1.54, 1.807) is 0 Å². The zero-order chi connectivity index (χ0) is 19.8. The van der Waals surface area contributed by atoms with Crippen molar-refractivity contribution in [2.24, 2.45) is 0 Å². The van der Waals surface area contributed by atoms with Crippen molar-refractivity contribution in [3.05, 3.63) is 12.7 Å². The van der Waals surface area contributed by atoms with Crippen molar-refractivity contribution < 1.29 is 62.2 Å². The minimum atomic E-state index is -7.63. The van der Waals surface area contributed by atoms with Gasteiger partial charge in [-0.25, -0.2) is 9.18 Å². The molecule has 0 amide bonds. The molecule has 2 nitrogen and oxygen atoms in total. The zero-order valence-corrected chi connectivity index (χ0v) is 10.9. The summed E-state index contributed by atoms with van der Waals surface area (Å²) in [5, 5.41) is 0. The minimum absolute atomic E-state index is 0.0786.